The lowest BCUT2D eigenvalue weighted by Gasteiger charge is -2.29. The highest BCUT2D eigenvalue weighted by atomic mass is 16.6. The van der Waals surface area contributed by atoms with Gasteiger partial charge in [-0.1, -0.05) is 53.2 Å². The van der Waals surface area contributed by atoms with Crippen LogP contribution in [-0.4, -0.2) is 58.9 Å². The minimum absolute atomic E-state index is 0.0208. The van der Waals surface area contributed by atoms with Gasteiger partial charge in [-0.05, 0) is 55.7 Å². The summed E-state index contributed by atoms with van der Waals surface area (Å²) < 4.78 is 5.37. The number of aliphatic imine (C=N–C) groups is 1. The third kappa shape index (κ3) is 10.1. The topological polar surface area (TPSA) is 125 Å². The zero-order valence-corrected chi connectivity index (χ0v) is 25.9. The third-order valence-corrected chi connectivity index (χ3v) is 7.39. The van der Waals surface area contributed by atoms with E-state index in [1.807, 2.05) is 34.6 Å². The monoisotopic (exact) mass is 569 g/mol. The van der Waals surface area contributed by atoms with Crippen LogP contribution in [0.1, 0.15) is 86.1 Å². The molecule has 9 nitrogen and oxygen atoms in total. The molecular formula is C32H47N3O6. The van der Waals surface area contributed by atoms with E-state index in [2.05, 4.69) is 10.3 Å². The van der Waals surface area contributed by atoms with E-state index >= 15 is 0 Å². The molecule has 1 aliphatic rings. The van der Waals surface area contributed by atoms with Crippen molar-refractivity contribution >= 4 is 35.0 Å². The van der Waals surface area contributed by atoms with E-state index in [0.717, 1.165) is 18.4 Å². The summed E-state index contributed by atoms with van der Waals surface area (Å²) in [5, 5.41) is 13.3. The van der Waals surface area contributed by atoms with Crippen LogP contribution in [0.4, 0.5) is 10.5 Å². The van der Waals surface area contributed by atoms with Crippen LogP contribution in [-0.2, 0) is 25.7 Å². The van der Waals surface area contributed by atoms with E-state index in [-0.39, 0.29) is 47.1 Å². The fourth-order valence-corrected chi connectivity index (χ4v) is 5.22. The van der Waals surface area contributed by atoms with Gasteiger partial charge in [-0.2, -0.15) is 0 Å². The summed E-state index contributed by atoms with van der Waals surface area (Å²) in [4.78, 5) is 55.2. The molecule has 0 radical (unpaired) electrons. The molecule has 0 unspecified atom stereocenters. The normalized spacial score (nSPS) is 16.8. The number of ether oxygens (including phenoxy) is 1. The van der Waals surface area contributed by atoms with Crippen molar-refractivity contribution in [1.82, 2.24) is 4.90 Å². The number of carbonyl (C=O) groups is 4. The number of Topliss-reactive ketones (excluding diaryl/α,β-unsaturated/α-hetero) is 2. The van der Waals surface area contributed by atoms with Crippen molar-refractivity contribution in [2.75, 3.05) is 18.9 Å². The number of aliphatic hydroxyl groups is 1. The van der Waals surface area contributed by atoms with Gasteiger partial charge in [-0.3, -0.25) is 19.4 Å². The van der Waals surface area contributed by atoms with Crippen molar-refractivity contribution in [1.29, 1.82) is 0 Å². The Morgan fingerprint density at radius 2 is 1.71 bits per heavy atom. The number of allylic oxidation sites excluding steroid dienone is 2. The van der Waals surface area contributed by atoms with Gasteiger partial charge in [-0.25, -0.2) is 4.79 Å². The van der Waals surface area contributed by atoms with Gasteiger partial charge < -0.3 is 20.1 Å². The number of amides is 2. The van der Waals surface area contributed by atoms with E-state index in [9.17, 15) is 24.3 Å². The number of benzene rings is 1. The maximum atomic E-state index is 12.7. The Hall–Kier alpha value is -3.49. The summed E-state index contributed by atoms with van der Waals surface area (Å²) in [5.41, 5.74) is 2.13. The highest BCUT2D eigenvalue weighted by Gasteiger charge is 2.34. The first kappa shape index (κ1) is 33.7. The third-order valence-electron chi connectivity index (χ3n) is 7.39. The second-order valence-corrected chi connectivity index (χ2v) is 12.3. The van der Waals surface area contributed by atoms with Crippen LogP contribution in [0.5, 0.6) is 0 Å². The molecule has 0 bridgehead atoms. The average Bonchev–Trinajstić information content (AvgIpc) is 2.86. The van der Waals surface area contributed by atoms with E-state index in [1.165, 1.54) is 11.8 Å². The minimum Gasteiger partial charge on any atom is -0.511 e. The van der Waals surface area contributed by atoms with E-state index in [4.69, 9.17) is 4.74 Å². The predicted molar refractivity (Wildman–Crippen MR) is 161 cm³/mol. The van der Waals surface area contributed by atoms with Crippen molar-refractivity contribution in [2.24, 2.45) is 22.2 Å². The van der Waals surface area contributed by atoms with Gasteiger partial charge in [0.25, 0.3) is 0 Å². The number of nitrogens with one attached hydrogen (secondary N) is 1. The maximum absolute atomic E-state index is 12.7. The maximum Gasteiger partial charge on any atom is 0.410 e. The number of ketones is 2. The highest BCUT2D eigenvalue weighted by molar-refractivity contribution is 6.22. The van der Waals surface area contributed by atoms with Crippen molar-refractivity contribution in [3.05, 3.63) is 41.2 Å². The first-order chi connectivity index (χ1) is 19.1. The molecule has 2 N–H and O–H groups in total. The van der Waals surface area contributed by atoms with Gasteiger partial charge in [0.2, 0.25) is 5.91 Å². The molecule has 0 heterocycles. The number of hydrogen-bond donors (Lipinski definition) is 2. The summed E-state index contributed by atoms with van der Waals surface area (Å²) in [6.45, 7) is 13.4. The molecule has 41 heavy (non-hydrogen) atoms. The zero-order valence-electron chi connectivity index (χ0n) is 25.9. The molecule has 0 fully saturated rings. The van der Waals surface area contributed by atoms with Crippen LogP contribution in [0.2, 0.25) is 0 Å². The van der Waals surface area contributed by atoms with E-state index < -0.39 is 12.1 Å². The first-order valence-corrected chi connectivity index (χ1v) is 14.4. The fraction of sp³-hybridized carbons (Fsp3) is 0.594. The lowest BCUT2D eigenvalue weighted by molar-refractivity contribution is -0.123. The van der Waals surface area contributed by atoms with Crippen molar-refractivity contribution in [2.45, 2.75) is 93.2 Å². The largest absolute Gasteiger partial charge is 0.511 e. The number of rotatable bonds is 13. The van der Waals surface area contributed by atoms with Gasteiger partial charge in [0, 0.05) is 43.8 Å². The molecule has 0 aromatic heterocycles. The summed E-state index contributed by atoms with van der Waals surface area (Å²) >= 11 is 0. The van der Waals surface area contributed by atoms with Crippen molar-refractivity contribution in [3.63, 3.8) is 0 Å². The predicted octanol–water partition coefficient (Wildman–Crippen LogP) is 6.28. The van der Waals surface area contributed by atoms with Gasteiger partial charge in [-0.15, -0.1) is 0 Å². The molecule has 2 atom stereocenters. The molecule has 1 aromatic rings. The molecule has 0 aliphatic heterocycles. The number of carbonyl (C=O) groups excluding carboxylic acids is 4. The van der Waals surface area contributed by atoms with Gasteiger partial charge in [0.1, 0.15) is 12.4 Å². The molecular weight excluding hydrogens is 522 g/mol. The van der Waals surface area contributed by atoms with E-state index in [1.54, 1.807) is 38.2 Å². The summed E-state index contributed by atoms with van der Waals surface area (Å²) in [6.07, 6.45) is 2.59. The Labute approximate surface area is 244 Å². The summed E-state index contributed by atoms with van der Waals surface area (Å²) in [7, 11) is 1.56. The van der Waals surface area contributed by atoms with Crippen LogP contribution in [0.25, 0.3) is 0 Å². The molecule has 9 heteroatoms. The first-order valence-electron chi connectivity index (χ1n) is 14.4. The summed E-state index contributed by atoms with van der Waals surface area (Å²) in [5.74, 6) is -0.318. The molecule has 2 amide bonds. The van der Waals surface area contributed by atoms with Crippen LogP contribution in [0, 0.1) is 17.3 Å². The quantitative estimate of drug-likeness (QED) is 0.213. The highest BCUT2D eigenvalue weighted by Crippen LogP contribution is 2.36. The van der Waals surface area contributed by atoms with Crippen LogP contribution in [0.3, 0.4) is 0 Å². The molecule has 0 saturated heterocycles. The molecule has 226 valence electrons. The number of unbranched alkanes of at least 4 members (excludes halogenated alkanes) is 1. The number of aliphatic hydroxyl groups excluding tert-OH is 1. The molecule has 1 aliphatic carbocycles. The van der Waals surface area contributed by atoms with E-state index in [0.29, 0.717) is 42.8 Å². The lowest BCUT2D eigenvalue weighted by Crippen LogP contribution is -2.45. The number of likely N-dealkylation sites (N-methyl/N-ethyl adjacent to an activating group) is 1. The zero-order chi connectivity index (χ0) is 30.9. The standard InChI is InChI=1S/C32H47N3O6/c1-20(2)29(23(5)36)35(8)31(40)41-19-24-12-14-25(15-13-24)34-30(39)21(3)11-9-10-16-33-22(4)28-26(37)17-32(6,7)18-27(28)38/h12-15,20-21,29,37H,9-11,16-19H2,1-8H3,(H,34,39)/t21-,29-/m1/s1. The molecule has 2 rings (SSSR count). The average molecular weight is 570 g/mol. The number of anilines is 1. The van der Waals surface area contributed by atoms with Gasteiger partial charge in [0.05, 0.1) is 11.6 Å². The molecule has 1 aromatic carbocycles. The minimum atomic E-state index is -0.562. The van der Waals surface area contributed by atoms with Crippen molar-refractivity contribution < 1.29 is 29.0 Å². The van der Waals surface area contributed by atoms with Gasteiger partial charge in [0.15, 0.2) is 11.6 Å². The Morgan fingerprint density at radius 3 is 2.27 bits per heavy atom. The SMILES string of the molecule is CC(=O)[C@@H](C(C)C)N(C)C(=O)OCc1ccc(NC(=O)[C@H](C)CCCCN=C(C)C2=C(O)CC(C)(C)CC2=O)cc1. The Bertz CT molecular complexity index is 1170. The van der Waals surface area contributed by atoms with Crippen LogP contribution < -0.4 is 5.32 Å². The summed E-state index contributed by atoms with van der Waals surface area (Å²) in [6, 6.07) is 6.55. The Balaban J connectivity index is 1.77. The Kier molecular flexibility index (Phi) is 12.3. The smallest absolute Gasteiger partial charge is 0.410 e. The van der Waals surface area contributed by atoms with Crippen molar-refractivity contribution in [3.8, 4) is 0 Å². The number of hydrogen-bond acceptors (Lipinski definition) is 7. The Morgan fingerprint density at radius 1 is 1.07 bits per heavy atom. The number of nitrogens with zero attached hydrogens (tertiary/aromatic N) is 2. The van der Waals surface area contributed by atoms with Crippen LogP contribution in [0.15, 0.2) is 40.6 Å². The van der Waals surface area contributed by atoms with Crippen LogP contribution >= 0.6 is 0 Å². The fourth-order valence-electron chi connectivity index (χ4n) is 5.22. The second-order valence-electron chi connectivity index (χ2n) is 12.3. The molecule has 0 saturated carbocycles. The van der Waals surface area contributed by atoms with Gasteiger partial charge >= 0.3 is 6.09 Å². The second kappa shape index (κ2) is 14.9. The lowest BCUT2D eigenvalue weighted by atomic mass is 9.76. The molecule has 0 spiro atoms.